The topological polar surface area (TPSA) is 85.3 Å². The van der Waals surface area contributed by atoms with E-state index in [0.29, 0.717) is 17.7 Å². The van der Waals surface area contributed by atoms with Gasteiger partial charge in [0.15, 0.2) is 23.3 Å². The Morgan fingerprint density at radius 1 is 0.767 bits per heavy atom. The van der Waals surface area contributed by atoms with Crippen LogP contribution in [0.4, 0.5) is 5.69 Å². The van der Waals surface area contributed by atoms with Crippen molar-refractivity contribution in [1.82, 2.24) is 15.0 Å². The molecular weight excluding hydrogens is 697 g/mol. The number of para-hydroxylation sites is 1. The van der Waals surface area contributed by atoms with Gasteiger partial charge in [0.25, 0.3) is 0 Å². The molecule has 2 heterocycles. The van der Waals surface area contributed by atoms with Crippen molar-refractivity contribution in [2.45, 2.75) is 12.5 Å². The zero-order valence-corrected chi connectivity index (χ0v) is 27.0. The maximum atomic E-state index is 12.9. The summed E-state index contributed by atoms with van der Waals surface area (Å²) in [6, 6.07) is 23.1. The van der Waals surface area contributed by atoms with E-state index >= 15 is 0 Å². The summed E-state index contributed by atoms with van der Waals surface area (Å²) in [6.45, 7) is 0.408. The van der Waals surface area contributed by atoms with E-state index in [1.54, 1.807) is 30.3 Å². The van der Waals surface area contributed by atoms with Crippen LogP contribution in [0.15, 0.2) is 94.9 Å². The van der Waals surface area contributed by atoms with E-state index in [-0.39, 0.29) is 35.4 Å². The number of benzene rings is 3. The molecule has 0 aliphatic carbocycles. The molecule has 0 radical (unpaired) electrons. The molecule has 0 saturated heterocycles. The summed E-state index contributed by atoms with van der Waals surface area (Å²) in [5.41, 5.74) is 2.26. The van der Waals surface area contributed by atoms with Crippen molar-refractivity contribution in [2.75, 3.05) is 18.1 Å². The van der Waals surface area contributed by atoms with E-state index in [9.17, 15) is 9.59 Å². The minimum absolute atomic E-state index is 0.0685. The molecule has 0 spiro atoms. The van der Waals surface area contributed by atoms with Crippen LogP contribution in [-0.2, 0) is 12.3 Å². The number of hydrogen-bond acceptors (Lipinski definition) is 8. The van der Waals surface area contributed by atoms with Gasteiger partial charge in [0, 0.05) is 22.1 Å². The summed E-state index contributed by atoms with van der Waals surface area (Å²) >= 11 is 37.2. The lowest BCUT2D eigenvalue weighted by Crippen LogP contribution is -2.25. The highest BCUT2D eigenvalue weighted by Crippen LogP contribution is 2.46. The van der Waals surface area contributed by atoms with Crippen LogP contribution in [-0.4, -0.2) is 39.9 Å². The second-order valence-corrected chi connectivity index (χ2v) is 14.6. The van der Waals surface area contributed by atoms with E-state index in [0.717, 1.165) is 15.6 Å². The molecular formula is C29H18Cl6N4O3S. The summed E-state index contributed by atoms with van der Waals surface area (Å²) in [5.74, 6) is -1.04. The highest BCUT2D eigenvalue weighted by Gasteiger charge is 2.34. The first-order valence-electron chi connectivity index (χ1n) is 12.4. The first kappa shape index (κ1) is 31.9. The first-order chi connectivity index (χ1) is 20.4. The van der Waals surface area contributed by atoms with Crippen LogP contribution in [0, 0.1) is 0 Å². The number of anilines is 1. The zero-order chi connectivity index (χ0) is 30.8. The summed E-state index contributed by atoms with van der Waals surface area (Å²) in [4.78, 5) is 41.0. The molecule has 43 heavy (non-hydrogen) atoms. The lowest BCUT2D eigenvalue weighted by molar-refractivity contribution is 0.0516. The van der Waals surface area contributed by atoms with Gasteiger partial charge in [-0.15, -0.1) is 0 Å². The number of rotatable bonds is 7. The minimum atomic E-state index is -2.00. The minimum Gasteiger partial charge on any atom is -0.460 e. The summed E-state index contributed by atoms with van der Waals surface area (Å²) in [7, 11) is 0. The van der Waals surface area contributed by atoms with Gasteiger partial charge < -0.3 is 9.64 Å². The van der Waals surface area contributed by atoms with Crippen molar-refractivity contribution < 1.29 is 14.3 Å². The number of allylic oxidation sites excluding steroid dienone is 1. The van der Waals surface area contributed by atoms with Crippen LogP contribution in [0.3, 0.4) is 0 Å². The van der Waals surface area contributed by atoms with E-state index in [1.807, 2.05) is 47.4 Å². The lowest BCUT2D eigenvalue weighted by atomic mass is 10.1. The standard InChI is InChI=1S/C29H18Cl6N4O3S/c30-28(31,32)26-36-24(37-27(38-26)29(33,34)35)18-10-12-19(13-11-18)25(41)42-15-14-39-20-8-4-5-9-22(20)43-23(39)16-21(40)17-6-2-1-3-7-17/h1-13,16H,14-15H2. The van der Waals surface area contributed by atoms with Gasteiger partial charge >= 0.3 is 5.97 Å². The van der Waals surface area contributed by atoms with Crippen LogP contribution in [0.25, 0.3) is 11.4 Å². The molecule has 14 heteroatoms. The Balaban J connectivity index is 1.29. The van der Waals surface area contributed by atoms with Crippen molar-refractivity contribution in [3.8, 4) is 11.4 Å². The largest absolute Gasteiger partial charge is 0.460 e. The number of nitrogens with zero attached hydrogens (tertiary/aromatic N) is 4. The number of fused-ring (bicyclic) bond motifs is 1. The predicted molar refractivity (Wildman–Crippen MR) is 173 cm³/mol. The van der Waals surface area contributed by atoms with Crippen LogP contribution >= 0.6 is 81.4 Å². The van der Waals surface area contributed by atoms with Crippen molar-refractivity contribution >= 4 is 98.8 Å². The third kappa shape index (κ3) is 7.75. The molecule has 220 valence electrons. The number of hydrogen-bond donors (Lipinski definition) is 0. The molecule has 4 aromatic rings. The Morgan fingerprint density at radius 2 is 1.37 bits per heavy atom. The van der Waals surface area contributed by atoms with Crippen LogP contribution in [0.1, 0.15) is 32.4 Å². The monoisotopic (exact) mass is 712 g/mol. The highest BCUT2D eigenvalue weighted by molar-refractivity contribution is 8.03. The van der Waals surface area contributed by atoms with Crippen LogP contribution in [0.5, 0.6) is 0 Å². The molecule has 1 aliphatic heterocycles. The van der Waals surface area contributed by atoms with Gasteiger partial charge in [0.05, 0.1) is 22.8 Å². The number of esters is 1. The number of halogens is 6. The SMILES string of the molecule is O=C(C=C1Sc2ccccc2N1CCOC(=O)c1ccc(-c2nc(C(Cl)(Cl)Cl)nc(C(Cl)(Cl)Cl)n2)cc1)c1ccccc1. The summed E-state index contributed by atoms with van der Waals surface area (Å²) in [5, 5.41) is 0.747. The van der Waals surface area contributed by atoms with Crippen molar-refractivity contribution in [3.63, 3.8) is 0 Å². The van der Waals surface area contributed by atoms with Crippen LogP contribution < -0.4 is 4.90 Å². The molecule has 0 saturated carbocycles. The molecule has 0 amide bonds. The fourth-order valence-electron chi connectivity index (χ4n) is 4.02. The number of alkyl halides is 6. The third-order valence-corrected chi connectivity index (χ3v) is 8.15. The van der Waals surface area contributed by atoms with Gasteiger partial charge in [-0.25, -0.2) is 19.7 Å². The molecule has 1 aliphatic rings. The third-order valence-electron chi connectivity index (χ3n) is 6.02. The molecule has 7 nitrogen and oxygen atoms in total. The smallest absolute Gasteiger partial charge is 0.338 e. The van der Waals surface area contributed by atoms with Crippen molar-refractivity contribution in [1.29, 1.82) is 0 Å². The fraction of sp³-hybridized carbons (Fsp3) is 0.138. The number of thioether (sulfide) groups is 1. The molecule has 3 aromatic carbocycles. The molecule has 0 unspecified atom stereocenters. The first-order valence-corrected chi connectivity index (χ1v) is 15.5. The number of aromatic nitrogens is 3. The second-order valence-electron chi connectivity index (χ2n) is 8.95. The average molecular weight is 715 g/mol. The van der Waals surface area contributed by atoms with Crippen LogP contribution in [0.2, 0.25) is 0 Å². The Hall–Kier alpha value is -2.56. The molecule has 0 bridgehead atoms. The van der Waals surface area contributed by atoms with E-state index < -0.39 is 13.6 Å². The Kier molecular flexibility index (Phi) is 9.78. The van der Waals surface area contributed by atoms with E-state index in [1.165, 1.54) is 23.9 Å². The quantitative estimate of drug-likeness (QED) is 0.0814. The maximum absolute atomic E-state index is 12.9. The average Bonchev–Trinajstić information content (AvgIpc) is 3.33. The highest BCUT2D eigenvalue weighted by atomic mass is 35.6. The van der Waals surface area contributed by atoms with Gasteiger partial charge in [-0.1, -0.05) is 136 Å². The molecule has 0 fully saturated rings. The van der Waals surface area contributed by atoms with E-state index in [4.69, 9.17) is 74.3 Å². The Labute approximate surface area is 281 Å². The normalized spacial score (nSPS) is 14.1. The zero-order valence-electron chi connectivity index (χ0n) is 21.7. The van der Waals surface area contributed by atoms with Crippen molar-refractivity contribution in [3.05, 3.63) is 113 Å². The number of carbonyl (C=O) groups excluding carboxylic acids is 2. The predicted octanol–water partition coefficient (Wildman–Crippen LogP) is 8.69. The molecule has 0 atom stereocenters. The Morgan fingerprint density at radius 3 is 2.00 bits per heavy atom. The number of ether oxygens (including phenoxy) is 1. The number of ketones is 1. The van der Waals surface area contributed by atoms with Gasteiger partial charge in [-0.05, 0) is 24.3 Å². The molecule has 0 N–H and O–H groups in total. The lowest BCUT2D eigenvalue weighted by Gasteiger charge is -2.20. The molecule has 1 aromatic heterocycles. The summed E-state index contributed by atoms with van der Waals surface area (Å²) in [6.07, 6.45) is 1.60. The summed E-state index contributed by atoms with van der Waals surface area (Å²) < 4.78 is 1.58. The van der Waals surface area contributed by atoms with E-state index in [2.05, 4.69) is 15.0 Å². The maximum Gasteiger partial charge on any atom is 0.338 e. The Bertz CT molecular complexity index is 1660. The van der Waals surface area contributed by atoms with Gasteiger partial charge in [-0.2, -0.15) is 0 Å². The van der Waals surface area contributed by atoms with Gasteiger partial charge in [0.2, 0.25) is 7.59 Å². The van der Waals surface area contributed by atoms with Gasteiger partial charge in [-0.3, -0.25) is 4.79 Å². The fourth-order valence-corrected chi connectivity index (χ4v) is 5.64. The number of carbonyl (C=O) groups is 2. The van der Waals surface area contributed by atoms with Crippen molar-refractivity contribution in [2.24, 2.45) is 0 Å². The van der Waals surface area contributed by atoms with Gasteiger partial charge in [0.1, 0.15) is 6.61 Å². The molecule has 5 rings (SSSR count). The second kappa shape index (κ2) is 13.2.